The molecule has 0 bridgehead atoms. The van der Waals surface area contributed by atoms with Gasteiger partial charge in [-0.05, 0) is 38.0 Å². The Labute approximate surface area is 111 Å². The molecule has 1 atom stereocenters. The summed E-state index contributed by atoms with van der Waals surface area (Å²) in [5.41, 5.74) is 6.15. The lowest BCUT2D eigenvalue weighted by Gasteiger charge is -2.08. The fraction of sp³-hybridized carbons (Fsp3) is 0.417. The van der Waals surface area contributed by atoms with Crippen LogP contribution in [0.1, 0.15) is 26.2 Å². The van der Waals surface area contributed by atoms with Gasteiger partial charge in [-0.15, -0.1) is 0 Å². The van der Waals surface area contributed by atoms with Crippen LogP contribution in [0.4, 0.5) is 5.69 Å². The zero-order valence-corrected chi connectivity index (χ0v) is 11.2. The predicted octanol–water partition coefficient (Wildman–Crippen LogP) is 3.45. The second-order valence-electron chi connectivity index (χ2n) is 4.04. The molecule has 0 spiro atoms. The normalized spacial score (nSPS) is 12.2. The van der Waals surface area contributed by atoms with Gasteiger partial charge >= 0.3 is 0 Å². The number of hydrogen-bond acceptors (Lipinski definition) is 2. The quantitative estimate of drug-likeness (QED) is 0.864. The molecule has 0 aliphatic carbocycles. The van der Waals surface area contributed by atoms with E-state index in [-0.39, 0.29) is 11.9 Å². The van der Waals surface area contributed by atoms with E-state index in [1.165, 1.54) is 0 Å². The van der Waals surface area contributed by atoms with Crippen molar-refractivity contribution in [1.29, 1.82) is 0 Å². The van der Waals surface area contributed by atoms with Crippen LogP contribution in [0.3, 0.4) is 0 Å². The number of amides is 1. The van der Waals surface area contributed by atoms with Crippen molar-refractivity contribution in [3.05, 3.63) is 28.2 Å². The van der Waals surface area contributed by atoms with E-state index >= 15 is 0 Å². The molecule has 3 nitrogen and oxygen atoms in total. The third-order valence-electron chi connectivity index (χ3n) is 2.27. The number of anilines is 1. The van der Waals surface area contributed by atoms with Crippen LogP contribution in [0.25, 0.3) is 0 Å². The van der Waals surface area contributed by atoms with Crippen LogP contribution in [0.2, 0.25) is 10.0 Å². The van der Waals surface area contributed by atoms with Gasteiger partial charge in [-0.3, -0.25) is 4.79 Å². The van der Waals surface area contributed by atoms with Crippen LogP contribution < -0.4 is 11.1 Å². The number of nitrogens with two attached hydrogens (primary N) is 1. The summed E-state index contributed by atoms with van der Waals surface area (Å²) in [6.45, 7) is 1.92. The number of hydrogen-bond donors (Lipinski definition) is 2. The Bertz CT molecular complexity index is 394. The first-order valence-corrected chi connectivity index (χ1v) is 6.25. The van der Waals surface area contributed by atoms with Crippen LogP contribution in [0, 0.1) is 0 Å². The van der Waals surface area contributed by atoms with E-state index in [4.69, 9.17) is 28.9 Å². The molecule has 5 heteroatoms. The standard InChI is InChI=1S/C12H16Cl2N2O/c1-8(15)3-2-4-12(17)16-11-7-9(13)5-6-10(11)14/h5-8H,2-4,15H2,1H3,(H,16,17). The first-order chi connectivity index (χ1) is 7.99. The minimum absolute atomic E-state index is 0.0742. The van der Waals surface area contributed by atoms with Crippen molar-refractivity contribution >= 4 is 34.8 Å². The predicted molar refractivity (Wildman–Crippen MR) is 72.6 cm³/mol. The van der Waals surface area contributed by atoms with Gasteiger partial charge in [-0.2, -0.15) is 0 Å². The summed E-state index contributed by atoms with van der Waals surface area (Å²) in [6.07, 6.45) is 2.03. The average molecular weight is 275 g/mol. The Morgan fingerprint density at radius 2 is 2.18 bits per heavy atom. The third kappa shape index (κ3) is 5.39. The van der Waals surface area contributed by atoms with Gasteiger partial charge in [-0.1, -0.05) is 23.2 Å². The molecule has 0 heterocycles. The average Bonchev–Trinajstić information content (AvgIpc) is 2.23. The molecule has 0 saturated carbocycles. The lowest BCUT2D eigenvalue weighted by molar-refractivity contribution is -0.116. The van der Waals surface area contributed by atoms with Crippen molar-refractivity contribution in [1.82, 2.24) is 0 Å². The number of benzene rings is 1. The van der Waals surface area contributed by atoms with Gasteiger partial charge in [0, 0.05) is 17.5 Å². The van der Waals surface area contributed by atoms with E-state index in [0.29, 0.717) is 22.2 Å². The molecule has 0 aliphatic rings. The highest BCUT2D eigenvalue weighted by molar-refractivity contribution is 6.35. The Morgan fingerprint density at radius 3 is 2.82 bits per heavy atom. The van der Waals surface area contributed by atoms with Crippen LogP contribution >= 0.6 is 23.2 Å². The van der Waals surface area contributed by atoms with Crippen molar-refractivity contribution in [3.8, 4) is 0 Å². The van der Waals surface area contributed by atoms with E-state index in [9.17, 15) is 4.79 Å². The van der Waals surface area contributed by atoms with E-state index in [1.807, 2.05) is 6.92 Å². The first-order valence-electron chi connectivity index (χ1n) is 5.49. The molecule has 3 N–H and O–H groups in total. The number of halogens is 2. The summed E-state index contributed by atoms with van der Waals surface area (Å²) in [5, 5.41) is 3.75. The molecule has 0 radical (unpaired) electrons. The molecule has 1 amide bonds. The van der Waals surface area contributed by atoms with Crippen molar-refractivity contribution < 1.29 is 4.79 Å². The minimum Gasteiger partial charge on any atom is -0.328 e. The molecule has 0 fully saturated rings. The summed E-state index contributed by atoms with van der Waals surface area (Å²) < 4.78 is 0. The maximum absolute atomic E-state index is 11.6. The lowest BCUT2D eigenvalue weighted by Crippen LogP contribution is -2.16. The largest absolute Gasteiger partial charge is 0.328 e. The van der Waals surface area contributed by atoms with E-state index in [2.05, 4.69) is 5.32 Å². The molecule has 1 rings (SSSR count). The molecular formula is C12H16Cl2N2O. The number of carbonyl (C=O) groups is 1. The summed E-state index contributed by atoms with van der Waals surface area (Å²) in [7, 11) is 0. The molecule has 94 valence electrons. The van der Waals surface area contributed by atoms with E-state index < -0.39 is 0 Å². The third-order valence-corrected chi connectivity index (χ3v) is 2.83. The molecule has 17 heavy (non-hydrogen) atoms. The van der Waals surface area contributed by atoms with Gasteiger partial charge in [0.1, 0.15) is 0 Å². The summed E-state index contributed by atoms with van der Waals surface area (Å²) in [4.78, 5) is 11.6. The highest BCUT2D eigenvalue weighted by Crippen LogP contribution is 2.25. The van der Waals surface area contributed by atoms with Gasteiger partial charge < -0.3 is 11.1 Å². The molecule has 1 aromatic carbocycles. The van der Waals surface area contributed by atoms with Gasteiger partial charge in [0.25, 0.3) is 0 Å². The molecule has 0 saturated heterocycles. The Kier molecular flexibility index (Phi) is 5.75. The first kappa shape index (κ1) is 14.3. The fourth-order valence-corrected chi connectivity index (χ4v) is 1.73. The van der Waals surface area contributed by atoms with Crippen LogP contribution in [0.15, 0.2) is 18.2 Å². The number of rotatable bonds is 5. The summed E-state index contributed by atoms with van der Waals surface area (Å²) >= 11 is 11.8. The molecule has 0 aromatic heterocycles. The zero-order valence-electron chi connectivity index (χ0n) is 9.67. The van der Waals surface area contributed by atoms with E-state index in [0.717, 1.165) is 12.8 Å². The summed E-state index contributed by atoms with van der Waals surface area (Å²) in [6, 6.07) is 5.09. The fourth-order valence-electron chi connectivity index (χ4n) is 1.39. The SMILES string of the molecule is CC(N)CCCC(=O)Nc1cc(Cl)ccc1Cl. The van der Waals surface area contributed by atoms with Gasteiger partial charge in [-0.25, -0.2) is 0 Å². The molecule has 0 aliphatic heterocycles. The lowest BCUT2D eigenvalue weighted by atomic mass is 10.1. The maximum Gasteiger partial charge on any atom is 0.224 e. The van der Waals surface area contributed by atoms with E-state index in [1.54, 1.807) is 18.2 Å². The van der Waals surface area contributed by atoms with Gasteiger partial charge in [0.2, 0.25) is 5.91 Å². The molecule has 1 unspecified atom stereocenters. The molecule has 1 aromatic rings. The maximum atomic E-state index is 11.6. The highest BCUT2D eigenvalue weighted by Gasteiger charge is 2.06. The van der Waals surface area contributed by atoms with Crippen molar-refractivity contribution in [2.45, 2.75) is 32.2 Å². The van der Waals surface area contributed by atoms with Crippen LogP contribution in [-0.2, 0) is 4.79 Å². The number of carbonyl (C=O) groups excluding carboxylic acids is 1. The Balaban J connectivity index is 2.47. The minimum atomic E-state index is -0.0742. The zero-order chi connectivity index (χ0) is 12.8. The second kappa shape index (κ2) is 6.84. The highest BCUT2D eigenvalue weighted by atomic mass is 35.5. The number of nitrogens with one attached hydrogen (secondary N) is 1. The Hall–Kier alpha value is -0.770. The summed E-state index contributed by atoms with van der Waals surface area (Å²) in [5.74, 6) is -0.0742. The van der Waals surface area contributed by atoms with Crippen LogP contribution in [0.5, 0.6) is 0 Å². The topological polar surface area (TPSA) is 55.1 Å². The molecular weight excluding hydrogens is 259 g/mol. The van der Waals surface area contributed by atoms with Gasteiger partial charge in [0.05, 0.1) is 10.7 Å². The van der Waals surface area contributed by atoms with Crippen molar-refractivity contribution in [2.75, 3.05) is 5.32 Å². The van der Waals surface area contributed by atoms with Crippen LogP contribution in [-0.4, -0.2) is 11.9 Å². The smallest absolute Gasteiger partial charge is 0.224 e. The van der Waals surface area contributed by atoms with Crippen molar-refractivity contribution in [2.24, 2.45) is 5.73 Å². The second-order valence-corrected chi connectivity index (χ2v) is 4.89. The Morgan fingerprint density at radius 1 is 1.47 bits per heavy atom. The monoisotopic (exact) mass is 274 g/mol. The van der Waals surface area contributed by atoms with Gasteiger partial charge in [0.15, 0.2) is 0 Å². The van der Waals surface area contributed by atoms with Crippen molar-refractivity contribution in [3.63, 3.8) is 0 Å².